The highest BCUT2D eigenvalue weighted by Crippen LogP contribution is 2.39. The lowest BCUT2D eigenvalue weighted by molar-refractivity contribution is -0.119. The second kappa shape index (κ2) is 10.1. The summed E-state index contributed by atoms with van der Waals surface area (Å²) in [5.74, 6) is -0.602. The molecule has 4 rings (SSSR count). The van der Waals surface area contributed by atoms with E-state index in [1.54, 1.807) is 4.90 Å². The van der Waals surface area contributed by atoms with Gasteiger partial charge < -0.3 is 10.0 Å². The van der Waals surface area contributed by atoms with E-state index in [2.05, 4.69) is 45.0 Å². The van der Waals surface area contributed by atoms with Gasteiger partial charge in [0.25, 0.3) is 0 Å². The topological polar surface area (TPSA) is 57.6 Å². The van der Waals surface area contributed by atoms with Crippen molar-refractivity contribution in [2.24, 2.45) is 5.92 Å². The molecule has 1 saturated carbocycles. The van der Waals surface area contributed by atoms with Gasteiger partial charge in [0.2, 0.25) is 5.91 Å². The molecule has 0 radical (unpaired) electrons. The molecule has 1 amide bonds. The molecule has 1 aliphatic carbocycles. The number of anilines is 1. The molecule has 0 spiro atoms. The van der Waals surface area contributed by atoms with Crippen LogP contribution < -0.4 is 4.90 Å². The Morgan fingerprint density at radius 1 is 1.00 bits per heavy atom. The molecule has 1 aliphatic rings. The molecule has 0 unspecified atom stereocenters. The second-order valence-corrected chi connectivity index (χ2v) is 11.3. The maximum atomic E-state index is 13.6. The summed E-state index contributed by atoms with van der Waals surface area (Å²) in [5.41, 5.74) is 3.73. The summed E-state index contributed by atoms with van der Waals surface area (Å²) in [6.07, 6.45) is 4.96. The molecule has 2 aromatic carbocycles. The number of rotatable bonds is 7. The van der Waals surface area contributed by atoms with E-state index in [1.165, 1.54) is 29.7 Å². The van der Waals surface area contributed by atoms with Crippen LogP contribution in [-0.4, -0.2) is 17.0 Å². The minimum atomic E-state index is -0.996. The summed E-state index contributed by atoms with van der Waals surface area (Å²) < 4.78 is 0. The Balaban J connectivity index is 1.71. The lowest BCUT2D eigenvalue weighted by Gasteiger charge is -2.25. The smallest absolute Gasteiger partial charge is 0.348 e. The van der Waals surface area contributed by atoms with E-state index < -0.39 is 5.97 Å². The van der Waals surface area contributed by atoms with Crippen molar-refractivity contribution in [3.8, 4) is 10.4 Å². The van der Waals surface area contributed by atoms with Crippen LogP contribution in [0.4, 0.5) is 5.69 Å². The van der Waals surface area contributed by atoms with Gasteiger partial charge in [-0.2, -0.15) is 0 Å². The van der Waals surface area contributed by atoms with Crippen molar-refractivity contribution in [2.75, 3.05) is 4.90 Å². The van der Waals surface area contributed by atoms with Crippen LogP contribution in [0.5, 0.6) is 0 Å². The minimum Gasteiger partial charge on any atom is -0.477 e. The predicted octanol–water partition coefficient (Wildman–Crippen LogP) is 7.52. The van der Waals surface area contributed by atoms with Crippen molar-refractivity contribution < 1.29 is 14.7 Å². The Bertz CT molecular complexity index is 1140. The van der Waals surface area contributed by atoms with Crippen LogP contribution in [0.3, 0.4) is 0 Å². The molecule has 1 aromatic heterocycles. The Hall–Kier alpha value is -2.92. The number of carbonyl (C=O) groups is 2. The summed E-state index contributed by atoms with van der Waals surface area (Å²) in [7, 11) is 0. The van der Waals surface area contributed by atoms with Crippen molar-refractivity contribution in [1.82, 2.24) is 0 Å². The summed E-state index contributed by atoms with van der Waals surface area (Å²) in [6, 6.07) is 20.0. The van der Waals surface area contributed by atoms with Crippen molar-refractivity contribution in [3.63, 3.8) is 0 Å². The Morgan fingerprint density at radius 3 is 2.24 bits per heavy atom. The van der Waals surface area contributed by atoms with E-state index in [-0.39, 0.29) is 16.2 Å². The van der Waals surface area contributed by atoms with Gasteiger partial charge >= 0.3 is 5.97 Å². The quantitative estimate of drug-likeness (QED) is 0.384. The van der Waals surface area contributed by atoms with E-state index in [1.807, 2.05) is 36.4 Å². The first-order chi connectivity index (χ1) is 16.2. The van der Waals surface area contributed by atoms with Crippen LogP contribution in [0, 0.1) is 5.92 Å². The SMILES string of the molecule is CC(C)(C)c1ccc(CN(C(=O)CC2CCCC2)c2cc(-c3ccccc3)sc2C(=O)O)cc1. The molecule has 3 aromatic rings. The molecular formula is C29H33NO3S. The third-order valence-corrected chi connectivity index (χ3v) is 7.82. The average Bonchev–Trinajstić information content (AvgIpc) is 3.48. The zero-order valence-corrected chi connectivity index (χ0v) is 21.0. The first kappa shape index (κ1) is 24.2. The zero-order chi connectivity index (χ0) is 24.3. The number of nitrogens with zero attached hydrogens (tertiary/aromatic N) is 1. The molecule has 1 fully saturated rings. The van der Waals surface area contributed by atoms with Crippen molar-refractivity contribution >= 4 is 28.9 Å². The van der Waals surface area contributed by atoms with Crippen LogP contribution >= 0.6 is 11.3 Å². The number of benzene rings is 2. The third-order valence-electron chi connectivity index (χ3n) is 6.66. The molecular weight excluding hydrogens is 442 g/mol. The molecule has 4 nitrogen and oxygen atoms in total. The highest BCUT2D eigenvalue weighted by Gasteiger charge is 2.28. The zero-order valence-electron chi connectivity index (χ0n) is 20.2. The molecule has 1 N–H and O–H groups in total. The lowest BCUT2D eigenvalue weighted by atomic mass is 9.86. The number of carbonyl (C=O) groups excluding carboxylic acids is 1. The van der Waals surface area contributed by atoms with Gasteiger partial charge in [0.05, 0.1) is 12.2 Å². The molecule has 1 heterocycles. The second-order valence-electron chi connectivity index (χ2n) is 10.3. The average molecular weight is 476 g/mol. The maximum absolute atomic E-state index is 13.6. The molecule has 34 heavy (non-hydrogen) atoms. The van der Waals surface area contributed by atoms with Crippen LogP contribution in [0.25, 0.3) is 10.4 Å². The first-order valence-corrected chi connectivity index (χ1v) is 12.9. The Morgan fingerprint density at radius 2 is 1.65 bits per heavy atom. The molecule has 0 atom stereocenters. The van der Waals surface area contributed by atoms with Crippen molar-refractivity contribution in [1.29, 1.82) is 0 Å². The fraction of sp³-hybridized carbons (Fsp3) is 0.379. The van der Waals surface area contributed by atoms with Gasteiger partial charge in [-0.1, -0.05) is 88.2 Å². The molecule has 0 aliphatic heterocycles. The van der Waals surface area contributed by atoms with Crippen molar-refractivity contribution in [3.05, 3.63) is 76.7 Å². The van der Waals surface area contributed by atoms with Gasteiger partial charge in [-0.3, -0.25) is 4.79 Å². The number of carboxylic acid groups (broad SMARTS) is 1. The van der Waals surface area contributed by atoms with Gasteiger partial charge in [-0.25, -0.2) is 4.79 Å². The number of thiophene rings is 1. The van der Waals surface area contributed by atoms with Gasteiger partial charge in [0.15, 0.2) is 0 Å². The predicted molar refractivity (Wildman–Crippen MR) is 140 cm³/mol. The minimum absolute atomic E-state index is 0.00621. The van der Waals surface area contributed by atoms with Crippen LogP contribution in [0.1, 0.15) is 73.7 Å². The van der Waals surface area contributed by atoms with Gasteiger partial charge in [0.1, 0.15) is 4.88 Å². The fourth-order valence-corrected chi connectivity index (χ4v) is 5.66. The molecule has 0 bridgehead atoms. The standard InChI is InChI=1S/C29H33NO3S/c1-29(2,3)23-15-13-21(14-16-23)19-30(26(31)17-20-9-7-8-10-20)24-18-25(34-27(24)28(32)33)22-11-5-4-6-12-22/h4-6,11-16,18,20H,7-10,17,19H2,1-3H3,(H,32,33). The van der Waals surface area contributed by atoms with E-state index in [0.717, 1.165) is 28.8 Å². The van der Waals surface area contributed by atoms with Crippen molar-refractivity contribution in [2.45, 2.75) is 64.8 Å². The summed E-state index contributed by atoms with van der Waals surface area (Å²) >= 11 is 1.23. The van der Waals surface area contributed by atoms with Crippen LogP contribution in [0.2, 0.25) is 0 Å². The highest BCUT2D eigenvalue weighted by molar-refractivity contribution is 7.18. The number of hydrogen-bond acceptors (Lipinski definition) is 3. The largest absolute Gasteiger partial charge is 0.477 e. The number of hydrogen-bond donors (Lipinski definition) is 1. The normalized spacial score (nSPS) is 14.3. The van der Waals surface area contributed by atoms with Crippen LogP contribution in [0.15, 0.2) is 60.7 Å². The Labute approximate surface area is 206 Å². The molecule has 178 valence electrons. The number of amides is 1. The highest BCUT2D eigenvalue weighted by atomic mass is 32.1. The van der Waals surface area contributed by atoms with E-state index in [0.29, 0.717) is 24.6 Å². The van der Waals surface area contributed by atoms with Crippen LogP contribution in [-0.2, 0) is 16.8 Å². The summed E-state index contributed by atoms with van der Waals surface area (Å²) in [6.45, 7) is 6.89. The Kier molecular flexibility index (Phi) is 7.22. The van der Waals surface area contributed by atoms with Gasteiger partial charge in [-0.05, 0) is 46.9 Å². The summed E-state index contributed by atoms with van der Waals surface area (Å²) in [5, 5.41) is 10.0. The maximum Gasteiger partial charge on any atom is 0.348 e. The third kappa shape index (κ3) is 5.58. The summed E-state index contributed by atoms with van der Waals surface area (Å²) in [4.78, 5) is 28.6. The first-order valence-electron chi connectivity index (χ1n) is 12.0. The fourth-order valence-electron chi connectivity index (χ4n) is 4.65. The van der Waals surface area contributed by atoms with Gasteiger partial charge in [0, 0.05) is 11.3 Å². The number of carboxylic acids is 1. The number of aromatic carboxylic acids is 1. The lowest BCUT2D eigenvalue weighted by Crippen LogP contribution is -2.32. The van der Waals surface area contributed by atoms with E-state index in [9.17, 15) is 14.7 Å². The van der Waals surface area contributed by atoms with E-state index in [4.69, 9.17) is 0 Å². The van der Waals surface area contributed by atoms with E-state index >= 15 is 0 Å². The van der Waals surface area contributed by atoms with Gasteiger partial charge in [-0.15, -0.1) is 11.3 Å². The molecule has 5 heteroatoms. The monoisotopic (exact) mass is 475 g/mol. The molecule has 0 saturated heterocycles.